The van der Waals surface area contributed by atoms with Gasteiger partial charge in [0.2, 0.25) is 0 Å². The molecule has 0 aromatic heterocycles. The van der Waals surface area contributed by atoms with Crippen LogP contribution in [0.1, 0.15) is 18.1 Å². The number of aryl methyl sites for hydroxylation is 2. The maximum absolute atomic E-state index is 3.28. The molecular formula is C10H15N. The first-order chi connectivity index (χ1) is 5.24. The zero-order valence-corrected chi connectivity index (χ0v) is 7.44. The first kappa shape index (κ1) is 8.12. The summed E-state index contributed by atoms with van der Waals surface area (Å²) in [6.45, 7) is 7.36. The van der Waals surface area contributed by atoms with Crippen LogP contribution in [0.3, 0.4) is 0 Å². The fraction of sp³-hybridized carbons (Fsp3) is 0.400. The van der Waals surface area contributed by atoms with Crippen molar-refractivity contribution < 1.29 is 0 Å². The van der Waals surface area contributed by atoms with Crippen molar-refractivity contribution in [3.05, 3.63) is 29.3 Å². The normalized spacial score (nSPS) is 9.73. The lowest BCUT2D eigenvalue weighted by Crippen LogP contribution is -1.96. The Balaban J connectivity index is 2.86. The van der Waals surface area contributed by atoms with Gasteiger partial charge in [-0.1, -0.05) is 6.07 Å². The van der Waals surface area contributed by atoms with E-state index < -0.39 is 0 Å². The molecule has 0 heterocycles. The second-order valence-corrected chi connectivity index (χ2v) is 2.83. The van der Waals surface area contributed by atoms with Crippen molar-refractivity contribution in [2.75, 3.05) is 11.9 Å². The van der Waals surface area contributed by atoms with Crippen LogP contribution in [-0.2, 0) is 0 Å². The van der Waals surface area contributed by atoms with Gasteiger partial charge in [-0.25, -0.2) is 0 Å². The number of anilines is 1. The molecule has 11 heavy (non-hydrogen) atoms. The molecule has 0 saturated heterocycles. The van der Waals surface area contributed by atoms with Crippen LogP contribution in [0.25, 0.3) is 0 Å². The molecule has 60 valence electrons. The molecule has 1 aromatic carbocycles. The van der Waals surface area contributed by atoms with E-state index in [1.54, 1.807) is 0 Å². The van der Waals surface area contributed by atoms with Crippen molar-refractivity contribution in [2.24, 2.45) is 0 Å². The smallest absolute Gasteiger partial charge is 0.0342 e. The highest BCUT2D eigenvalue weighted by molar-refractivity contribution is 5.47. The van der Waals surface area contributed by atoms with Crippen molar-refractivity contribution in [2.45, 2.75) is 20.8 Å². The second kappa shape index (κ2) is 3.42. The largest absolute Gasteiger partial charge is 0.385 e. The van der Waals surface area contributed by atoms with Gasteiger partial charge < -0.3 is 5.32 Å². The van der Waals surface area contributed by atoms with Crippen LogP contribution in [0.15, 0.2) is 18.2 Å². The Morgan fingerprint density at radius 3 is 2.45 bits per heavy atom. The molecular weight excluding hydrogens is 134 g/mol. The zero-order valence-electron chi connectivity index (χ0n) is 7.44. The highest BCUT2D eigenvalue weighted by Gasteiger charge is 1.92. The number of benzene rings is 1. The average molecular weight is 149 g/mol. The molecule has 0 amide bonds. The van der Waals surface area contributed by atoms with E-state index in [1.807, 2.05) is 0 Å². The van der Waals surface area contributed by atoms with Crippen molar-refractivity contribution in [3.63, 3.8) is 0 Å². The molecule has 0 bridgehead atoms. The van der Waals surface area contributed by atoms with Gasteiger partial charge in [0, 0.05) is 12.2 Å². The Kier molecular flexibility index (Phi) is 2.53. The van der Waals surface area contributed by atoms with Gasteiger partial charge >= 0.3 is 0 Å². The lowest BCUT2D eigenvalue weighted by Gasteiger charge is -2.05. The number of hydrogen-bond donors (Lipinski definition) is 1. The quantitative estimate of drug-likeness (QED) is 0.681. The van der Waals surface area contributed by atoms with Crippen molar-refractivity contribution in [1.29, 1.82) is 0 Å². The topological polar surface area (TPSA) is 12.0 Å². The molecule has 0 fully saturated rings. The SMILES string of the molecule is CCNc1ccc(C)c(C)c1. The second-order valence-electron chi connectivity index (χ2n) is 2.83. The van der Waals surface area contributed by atoms with Crippen LogP contribution >= 0.6 is 0 Å². The third-order valence-electron chi connectivity index (χ3n) is 1.89. The summed E-state index contributed by atoms with van der Waals surface area (Å²) < 4.78 is 0. The Labute approximate surface area is 68.4 Å². The van der Waals surface area contributed by atoms with E-state index in [0.717, 1.165) is 6.54 Å². The van der Waals surface area contributed by atoms with Crippen molar-refractivity contribution in [3.8, 4) is 0 Å². The number of nitrogens with one attached hydrogen (secondary N) is 1. The van der Waals surface area contributed by atoms with Crippen LogP contribution in [0.5, 0.6) is 0 Å². The Bertz CT molecular complexity index is 241. The molecule has 0 aliphatic heterocycles. The summed E-state index contributed by atoms with van der Waals surface area (Å²) in [6, 6.07) is 6.44. The Morgan fingerprint density at radius 1 is 1.18 bits per heavy atom. The van der Waals surface area contributed by atoms with E-state index in [-0.39, 0.29) is 0 Å². The number of hydrogen-bond acceptors (Lipinski definition) is 1. The molecule has 1 aromatic rings. The minimum atomic E-state index is 0.989. The summed E-state index contributed by atoms with van der Waals surface area (Å²) in [5, 5.41) is 3.28. The van der Waals surface area contributed by atoms with E-state index in [2.05, 4.69) is 44.3 Å². The summed E-state index contributed by atoms with van der Waals surface area (Å²) in [5.41, 5.74) is 3.92. The van der Waals surface area contributed by atoms with E-state index in [0.29, 0.717) is 0 Å². The zero-order chi connectivity index (χ0) is 8.27. The summed E-state index contributed by atoms with van der Waals surface area (Å²) in [6.07, 6.45) is 0. The highest BCUT2D eigenvalue weighted by atomic mass is 14.8. The lowest BCUT2D eigenvalue weighted by atomic mass is 10.1. The maximum Gasteiger partial charge on any atom is 0.0342 e. The van der Waals surface area contributed by atoms with Gasteiger partial charge in [-0.15, -0.1) is 0 Å². The van der Waals surface area contributed by atoms with E-state index in [9.17, 15) is 0 Å². The minimum Gasteiger partial charge on any atom is -0.385 e. The van der Waals surface area contributed by atoms with E-state index in [4.69, 9.17) is 0 Å². The van der Waals surface area contributed by atoms with Crippen molar-refractivity contribution in [1.82, 2.24) is 0 Å². The van der Waals surface area contributed by atoms with Gasteiger partial charge in [-0.3, -0.25) is 0 Å². The van der Waals surface area contributed by atoms with Gasteiger partial charge in [0.25, 0.3) is 0 Å². The van der Waals surface area contributed by atoms with Crippen LogP contribution in [-0.4, -0.2) is 6.54 Å². The van der Waals surface area contributed by atoms with Crippen molar-refractivity contribution >= 4 is 5.69 Å². The third kappa shape index (κ3) is 1.97. The predicted molar refractivity (Wildman–Crippen MR) is 50.1 cm³/mol. The molecule has 1 rings (SSSR count). The Morgan fingerprint density at radius 2 is 1.91 bits per heavy atom. The average Bonchev–Trinajstić information content (AvgIpc) is 1.98. The first-order valence-corrected chi connectivity index (χ1v) is 4.05. The summed E-state index contributed by atoms with van der Waals surface area (Å²) >= 11 is 0. The molecule has 0 radical (unpaired) electrons. The minimum absolute atomic E-state index is 0.989. The van der Waals surface area contributed by atoms with Gasteiger partial charge in [0.05, 0.1) is 0 Å². The summed E-state index contributed by atoms with van der Waals surface area (Å²) in [4.78, 5) is 0. The fourth-order valence-corrected chi connectivity index (χ4v) is 1.06. The lowest BCUT2D eigenvalue weighted by molar-refractivity contribution is 1.20. The van der Waals surface area contributed by atoms with E-state index in [1.165, 1.54) is 16.8 Å². The van der Waals surface area contributed by atoms with Gasteiger partial charge in [-0.2, -0.15) is 0 Å². The number of rotatable bonds is 2. The molecule has 1 nitrogen and oxygen atoms in total. The van der Waals surface area contributed by atoms with Gasteiger partial charge in [0.1, 0.15) is 0 Å². The molecule has 0 unspecified atom stereocenters. The Hall–Kier alpha value is -0.980. The molecule has 0 spiro atoms. The fourth-order valence-electron chi connectivity index (χ4n) is 1.06. The van der Waals surface area contributed by atoms with Gasteiger partial charge in [-0.05, 0) is 44.0 Å². The highest BCUT2D eigenvalue weighted by Crippen LogP contribution is 2.13. The van der Waals surface area contributed by atoms with Gasteiger partial charge in [0.15, 0.2) is 0 Å². The van der Waals surface area contributed by atoms with Crippen LogP contribution in [0, 0.1) is 13.8 Å². The molecule has 0 aliphatic carbocycles. The standard InChI is InChI=1S/C10H15N/c1-4-11-10-6-5-8(2)9(3)7-10/h5-7,11H,4H2,1-3H3. The molecule has 0 saturated carbocycles. The molecule has 1 heteroatoms. The predicted octanol–water partition coefficient (Wildman–Crippen LogP) is 2.74. The third-order valence-corrected chi connectivity index (χ3v) is 1.89. The van der Waals surface area contributed by atoms with Crippen LogP contribution < -0.4 is 5.32 Å². The molecule has 1 N–H and O–H groups in total. The summed E-state index contributed by atoms with van der Waals surface area (Å²) in [5.74, 6) is 0. The van der Waals surface area contributed by atoms with Crippen LogP contribution in [0.4, 0.5) is 5.69 Å². The molecule has 0 aliphatic rings. The van der Waals surface area contributed by atoms with E-state index >= 15 is 0 Å². The summed E-state index contributed by atoms with van der Waals surface area (Å²) in [7, 11) is 0. The maximum atomic E-state index is 3.28. The first-order valence-electron chi connectivity index (χ1n) is 4.05. The molecule has 0 atom stereocenters. The monoisotopic (exact) mass is 149 g/mol. The van der Waals surface area contributed by atoms with Crippen LogP contribution in [0.2, 0.25) is 0 Å².